The zero-order chi connectivity index (χ0) is 22.4. The number of hydrogen-bond acceptors (Lipinski definition) is 9. The molecule has 31 heavy (non-hydrogen) atoms. The van der Waals surface area contributed by atoms with E-state index in [1.807, 2.05) is 0 Å². The molecule has 1 heterocycles. The number of nitrogens with zero attached hydrogens (tertiary/aromatic N) is 3. The molecule has 0 amide bonds. The van der Waals surface area contributed by atoms with Crippen molar-refractivity contribution in [2.24, 2.45) is 0 Å². The lowest BCUT2D eigenvalue weighted by Crippen LogP contribution is -1.99. The van der Waals surface area contributed by atoms with E-state index in [2.05, 4.69) is 10.2 Å². The maximum absolute atomic E-state index is 11.6. The average Bonchev–Trinajstić information content (AvgIpc) is 3.17. The summed E-state index contributed by atoms with van der Waals surface area (Å²) in [6.07, 6.45) is 1.45. The van der Waals surface area contributed by atoms with E-state index in [0.29, 0.717) is 23.0 Å². The third-order valence-electron chi connectivity index (χ3n) is 3.94. The number of aromatic nitrogens is 2. The lowest BCUT2D eigenvalue weighted by atomic mass is 10.2. The van der Waals surface area contributed by atoms with Crippen LogP contribution in [0, 0.1) is 17.0 Å². The van der Waals surface area contributed by atoms with Gasteiger partial charge < -0.3 is 19.0 Å². The van der Waals surface area contributed by atoms with Crippen molar-refractivity contribution in [1.82, 2.24) is 10.2 Å². The van der Waals surface area contributed by atoms with Crippen molar-refractivity contribution in [3.63, 3.8) is 0 Å². The molecule has 0 aliphatic heterocycles. The van der Waals surface area contributed by atoms with Gasteiger partial charge in [-0.2, -0.15) is 0 Å². The zero-order valence-corrected chi connectivity index (χ0v) is 17.3. The molecule has 0 radical (unpaired) electrons. The van der Waals surface area contributed by atoms with Gasteiger partial charge in [-0.05, 0) is 53.2 Å². The van der Waals surface area contributed by atoms with E-state index < -0.39 is 10.9 Å². The standard InChI is InChI=1S/C20H17N3O7S/c1-12-21-22-20(30-12)31-18(19(24)25)10-14-5-8-16(17(9-14)28-2)29-11-13-3-6-15(7-4-13)23(26)27/h3-10H,11H2,1-2H3,(H,24,25)/b18-10-. The molecule has 0 spiro atoms. The van der Waals surface area contributed by atoms with Crippen LogP contribution in [0.4, 0.5) is 5.69 Å². The first-order chi connectivity index (χ1) is 14.9. The van der Waals surface area contributed by atoms with E-state index in [0.717, 1.165) is 17.3 Å². The summed E-state index contributed by atoms with van der Waals surface area (Å²) in [7, 11) is 1.47. The Morgan fingerprint density at radius 2 is 1.97 bits per heavy atom. The number of carboxylic acids is 1. The van der Waals surface area contributed by atoms with Crippen LogP contribution >= 0.6 is 11.8 Å². The SMILES string of the molecule is COc1cc(/C=C(\Sc2nnc(C)o2)C(=O)O)ccc1OCc1ccc([N+](=O)[O-])cc1. The molecule has 160 valence electrons. The number of rotatable bonds is 9. The highest BCUT2D eigenvalue weighted by Gasteiger charge is 2.15. The highest BCUT2D eigenvalue weighted by molar-refractivity contribution is 8.03. The second-order valence-corrected chi connectivity index (χ2v) is 7.12. The Hall–Kier alpha value is -3.86. The van der Waals surface area contributed by atoms with Crippen LogP contribution in [0.2, 0.25) is 0 Å². The van der Waals surface area contributed by atoms with E-state index in [9.17, 15) is 20.0 Å². The predicted octanol–water partition coefficient (Wildman–Crippen LogP) is 4.09. The fraction of sp³-hybridized carbons (Fsp3) is 0.150. The van der Waals surface area contributed by atoms with Gasteiger partial charge in [-0.15, -0.1) is 10.2 Å². The molecule has 0 aliphatic carbocycles. The Morgan fingerprint density at radius 1 is 1.23 bits per heavy atom. The van der Waals surface area contributed by atoms with Crippen LogP contribution in [0.5, 0.6) is 11.5 Å². The van der Waals surface area contributed by atoms with Crippen LogP contribution in [-0.2, 0) is 11.4 Å². The van der Waals surface area contributed by atoms with Gasteiger partial charge in [0.2, 0.25) is 5.89 Å². The summed E-state index contributed by atoms with van der Waals surface area (Å²) >= 11 is 0.842. The molecule has 2 aromatic carbocycles. The minimum absolute atomic E-state index is 0.000246. The fourth-order valence-corrected chi connectivity index (χ4v) is 3.18. The lowest BCUT2D eigenvalue weighted by molar-refractivity contribution is -0.384. The van der Waals surface area contributed by atoms with E-state index in [-0.39, 0.29) is 22.4 Å². The first-order valence-electron chi connectivity index (χ1n) is 8.83. The normalized spacial score (nSPS) is 11.2. The summed E-state index contributed by atoms with van der Waals surface area (Å²) in [5, 5.41) is 27.8. The molecule has 0 bridgehead atoms. The summed E-state index contributed by atoms with van der Waals surface area (Å²) in [6.45, 7) is 1.79. The van der Waals surface area contributed by atoms with Crippen LogP contribution in [0.25, 0.3) is 6.08 Å². The predicted molar refractivity (Wildman–Crippen MR) is 111 cm³/mol. The van der Waals surface area contributed by atoms with Crippen molar-refractivity contribution in [2.75, 3.05) is 7.11 Å². The third kappa shape index (κ3) is 5.82. The van der Waals surface area contributed by atoms with E-state index >= 15 is 0 Å². The van der Waals surface area contributed by atoms with E-state index in [4.69, 9.17) is 13.9 Å². The maximum Gasteiger partial charge on any atom is 0.342 e. The number of thioether (sulfide) groups is 1. The molecule has 0 atom stereocenters. The quantitative estimate of drug-likeness (QED) is 0.223. The van der Waals surface area contributed by atoms with Gasteiger partial charge >= 0.3 is 5.97 Å². The molecule has 1 aromatic heterocycles. The average molecular weight is 443 g/mol. The third-order valence-corrected chi connectivity index (χ3v) is 4.79. The van der Waals surface area contributed by atoms with E-state index in [1.54, 1.807) is 37.3 Å². The minimum Gasteiger partial charge on any atom is -0.493 e. The Bertz CT molecular complexity index is 1130. The number of methoxy groups -OCH3 is 1. The van der Waals surface area contributed by atoms with Gasteiger partial charge in [0.25, 0.3) is 10.9 Å². The minimum atomic E-state index is -1.14. The Morgan fingerprint density at radius 3 is 2.55 bits per heavy atom. The molecule has 0 saturated heterocycles. The highest BCUT2D eigenvalue weighted by atomic mass is 32.2. The summed E-state index contributed by atoms with van der Waals surface area (Å²) in [5.74, 6) is 0.0378. The first-order valence-corrected chi connectivity index (χ1v) is 9.64. The number of carboxylic acid groups (broad SMARTS) is 1. The van der Waals surface area contributed by atoms with Gasteiger partial charge in [-0.3, -0.25) is 10.1 Å². The number of nitro benzene ring substituents is 1. The number of hydrogen-bond donors (Lipinski definition) is 1. The molecule has 3 aromatic rings. The van der Waals surface area contributed by atoms with Crippen LogP contribution < -0.4 is 9.47 Å². The molecule has 0 fully saturated rings. The zero-order valence-electron chi connectivity index (χ0n) is 16.5. The number of aliphatic carboxylic acids is 1. The van der Waals surface area contributed by atoms with Gasteiger partial charge in [-0.1, -0.05) is 6.07 Å². The maximum atomic E-state index is 11.6. The second-order valence-electron chi connectivity index (χ2n) is 6.13. The second kappa shape index (κ2) is 9.76. The fourth-order valence-electron chi connectivity index (χ4n) is 2.47. The number of nitro groups is 1. The molecule has 11 heteroatoms. The van der Waals surface area contributed by atoms with Gasteiger partial charge in [0.1, 0.15) is 11.5 Å². The number of aryl methyl sites for hydroxylation is 1. The molecule has 3 rings (SSSR count). The molecular formula is C20H17N3O7S. The van der Waals surface area contributed by atoms with Gasteiger partial charge in [0.05, 0.1) is 12.0 Å². The van der Waals surface area contributed by atoms with E-state index in [1.165, 1.54) is 25.3 Å². The van der Waals surface area contributed by atoms with Gasteiger partial charge in [-0.25, -0.2) is 4.79 Å². The number of non-ortho nitro benzene ring substituents is 1. The van der Waals surface area contributed by atoms with Crippen LogP contribution in [0.3, 0.4) is 0 Å². The first kappa shape index (κ1) is 21.8. The molecule has 10 nitrogen and oxygen atoms in total. The van der Waals surface area contributed by atoms with Crippen LogP contribution in [0.1, 0.15) is 17.0 Å². The van der Waals surface area contributed by atoms with Gasteiger partial charge in [0.15, 0.2) is 11.5 Å². The van der Waals surface area contributed by atoms with Crippen molar-refractivity contribution in [3.8, 4) is 11.5 Å². The number of carbonyl (C=O) groups is 1. The Balaban J connectivity index is 1.75. The largest absolute Gasteiger partial charge is 0.493 e. The molecule has 1 N–H and O–H groups in total. The Kier molecular flexibility index (Phi) is 6.88. The van der Waals surface area contributed by atoms with Crippen molar-refractivity contribution < 1.29 is 28.7 Å². The molecular weight excluding hydrogens is 426 g/mol. The molecule has 0 saturated carbocycles. The summed E-state index contributed by atoms with van der Waals surface area (Å²) < 4.78 is 16.3. The number of benzene rings is 2. The summed E-state index contributed by atoms with van der Waals surface area (Å²) in [4.78, 5) is 21.8. The van der Waals surface area contributed by atoms with Crippen molar-refractivity contribution >= 4 is 29.5 Å². The van der Waals surface area contributed by atoms with Crippen LogP contribution in [-0.4, -0.2) is 33.3 Å². The smallest absolute Gasteiger partial charge is 0.342 e. The Labute approximate surface area is 180 Å². The highest BCUT2D eigenvalue weighted by Crippen LogP contribution is 2.32. The summed E-state index contributed by atoms with van der Waals surface area (Å²) in [6, 6.07) is 11.0. The van der Waals surface area contributed by atoms with Crippen LogP contribution in [0.15, 0.2) is 57.0 Å². The number of ether oxygens (including phenoxy) is 2. The lowest BCUT2D eigenvalue weighted by Gasteiger charge is -2.11. The monoisotopic (exact) mass is 443 g/mol. The molecule has 0 aliphatic rings. The molecule has 0 unspecified atom stereocenters. The van der Waals surface area contributed by atoms with Gasteiger partial charge in [0, 0.05) is 19.1 Å². The van der Waals surface area contributed by atoms with Crippen molar-refractivity contribution in [1.29, 1.82) is 0 Å². The van der Waals surface area contributed by atoms with Crippen molar-refractivity contribution in [2.45, 2.75) is 18.8 Å². The summed E-state index contributed by atoms with van der Waals surface area (Å²) in [5.41, 5.74) is 1.32. The topological polar surface area (TPSA) is 138 Å². The van der Waals surface area contributed by atoms with Crippen molar-refractivity contribution in [3.05, 3.63) is 74.5 Å².